The summed E-state index contributed by atoms with van der Waals surface area (Å²) >= 11 is 0. The van der Waals surface area contributed by atoms with E-state index in [-0.39, 0.29) is 17.3 Å². The second-order valence-electron chi connectivity index (χ2n) is 6.64. The van der Waals surface area contributed by atoms with Crippen LogP contribution < -0.4 is 5.43 Å². The molecule has 2 aromatic carbocycles. The molecule has 0 aliphatic carbocycles. The number of carbonyl (C=O) groups is 1. The molecule has 0 saturated carbocycles. The maximum atomic E-state index is 12.3. The third-order valence-electron chi connectivity index (χ3n) is 4.61. The monoisotopic (exact) mass is 386 g/mol. The van der Waals surface area contributed by atoms with Gasteiger partial charge in [-0.1, -0.05) is 42.5 Å². The van der Waals surface area contributed by atoms with Crippen LogP contribution in [0.2, 0.25) is 0 Å². The van der Waals surface area contributed by atoms with Crippen molar-refractivity contribution in [1.82, 2.24) is 5.43 Å². The molecule has 1 aliphatic heterocycles. The van der Waals surface area contributed by atoms with Crippen LogP contribution in [0.25, 0.3) is 0 Å². The standard InChI is InChI=1S/C20H22N2O4S/c23-19-9-5-4-8-17(19)18(11-10-15-6-2-1-3-7-15)21-22-20(24)16-12-13-27(25,26)14-16/h1-9,16,23H,10-14H2,(H,22,24)/b21-18+/t16-/m1/s1. The van der Waals surface area contributed by atoms with Crippen LogP contribution in [0.5, 0.6) is 5.75 Å². The molecular formula is C20H22N2O4S. The van der Waals surface area contributed by atoms with Crippen LogP contribution in [-0.2, 0) is 21.1 Å². The number of nitrogens with zero attached hydrogens (tertiary/aromatic N) is 1. The number of carbonyl (C=O) groups excluding carboxylic acids is 1. The van der Waals surface area contributed by atoms with Crippen LogP contribution in [0.4, 0.5) is 0 Å². The van der Waals surface area contributed by atoms with E-state index < -0.39 is 21.7 Å². The molecule has 1 atom stereocenters. The quantitative estimate of drug-likeness (QED) is 0.588. The Labute approximate surface area is 158 Å². The Hall–Kier alpha value is -2.67. The van der Waals surface area contributed by atoms with Crippen molar-refractivity contribution < 1.29 is 18.3 Å². The third-order valence-corrected chi connectivity index (χ3v) is 6.38. The molecule has 7 heteroatoms. The number of aryl methyl sites for hydroxylation is 1. The van der Waals surface area contributed by atoms with E-state index >= 15 is 0 Å². The molecule has 2 aromatic rings. The van der Waals surface area contributed by atoms with Gasteiger partial charge in [-0.3, -0.25) is 4.79 Å². The molecule has 1 aliphatic rings. The van der Waals surface area contributed by atoms with Crippen molar-refractivity contribution >= 4 is 21.5 Å². The number of benzene rings is 2. The molecule has 1 amide bonds. The fourth-order valence-electron chi connectivity index (χ4n) is 3.09. The molecule has 1 fully saturated rings. The summed E-state index contributed by atoms with van der Waals surface area (Å²) < 4.78 is 23.1. The minimum absolute atomic E-state index is 0.0368. The van der Waals surface area contributed by atoms with Crippen LogP contribution >= 0.6 is 0 Å². The molecule has 142 valence electrons. The van der Waals surface area contributed by atoms with Gasteiger partial charge in [-0.2, -0.15) is 5.10 Å². The lowest BCUT2D eigenvalue weighted by Gasteiger charge is -2.11. The smallest absolute Gasteiger partial charge is 0.244 e. The maximum absolute atomic E-state index is 12.3. The summed E-state index contributed by atoms with van der Waals surface area (Å²) in [6.07, 6.45) is 1.53. The first kappa shape index (κ1) is 19.1. The molecule has 0 spiro atoms. The highest BCUT2D eigenvalue weighted by Gasteiger charge is 2.32. The molecule has 0 radical (unpaired) electrons. The summed E-state index contributed by atoms with van der Waals surface area (Å²) in [6, 6.07) is 16.7. The zero-order valence-corrected chi connectivity index (χ0v) is 15.7. The Balaban J connectivity index is 1.75. The topological polar surface area (TPSA) is 95.8 Å². The zero-order chi connectivity index (χ0) is 19.3. The van der Waals surface area contributed by atoms with E-state index in [1.807, 2.05) is 30.3 Å². The van der Waals surface area contributed by atoms with E-state index in [0.29, 0.717) is 30.5 Å². The van der Waals surface area contributed by atoms with Gasteiger partial charge in [-0.05, 0) is 37.0 Å². The minimum atomic E-state index is -3.13. The van der Waals surface area contributed by atoms with Crippen molar-refractivity contribution in [2.24, 2.45) is 11.0 Å². The van der Waals surface area contributed by atoms with Crippen LogP contribution in [0, 0.1) is 5.92 Å². The van der Waals surface area contributed by atoms with Crippen LogP contribution in [-0.4, -0.2) is 36.6 Å². The lowest BCUT2D eigenvalue weighted by molar-refractivity contribution is -0.124. The van der Waals surface area contributed by atoms with Gasteiger partial charge in [0.25, 0.3) is 0 Å². The Kier molecular flexibility index (Phi) is 5.91. The Morgan fingerprint density at radius 3 is 2.48 bits per heavy atom. The van der Waals surface area contributed by atoms with Crippen molar-refractivity contribution in [2.45, 2.75) is 19.3 Å². The first-order chi connectivity index (χ1) is 12.9. The predicted octanol–water partition coefficient (Wildman–Crippen LogP) is 2.28. The molecule has 6 nitrogen and oxygen atoms in total. The van der Waals surface area contributed by atoms with E-state index in [2.05, 4.69) is 10.5 Å². The predicted molar refractivity (Wildman–Crippen MR) is 104 cm³/mol. The van der Waals surface area contributed by atoms with Crippen LogP contribution in [0.15, 0.2) is 59.7 Å². The lowest BCUT2D eigenvalue weighted by atomic mass is 10.0. The van der Waals surface area contributed by atoms with Gasteiger partial charge in [0.1, 0.15) is 5.75 Å². The van der Waals surface area contributed by atoms with Crippen molar-refractivity contribution in [3.8, 4) is 5.75 Å². The molecule has 3 rings (SSSR count). The summed E-state index contributed by atoms with van der Waals surface area (Å²) in [7, 11) is -3.13. The normalized spacial score (nSPS) is 19.0. The van der Waals surface area contributed by atoms with E-state index in [1.165, 1.54) is 0 Å². The van der Waals surface area contributed by atoms with E-state index in [9.17, 15) is 18.3 Å². The molecule has 0 bridgehead atoms. The number of phenolic OH excluding ortho intramolecular Hbond substituents is 1. The Morgan fingerprint density at radius 1 is 1.11 bits per heavy atom. The van der Waals surface area contributed by atoms with Crippen molar-refractivity contribution in [3.63, 3.8) is 0 Å². The molecule has 27 heavy (non-hydrogen) atoms. The van der Waals surface area contributed by atoms with E-state index in [4.69, 9.17) is 0 Å². The summed E-state index contributed by atoms with van der Waals surface area (Å²) in [4.78, 5) is 12.3. The number of hydrogen-bond acceptors (Lipinski definition) is 5. The molecule has 0 aromatic heterocycles. The summed E-state index contributed by atoms with van der Waals surface area (Å²) in [5.41, 5.74) is 4.71. The number of rotatable bonds is 6. The van der Waals surface area contributed by atoms with Crippen LogP contribution in [0.1, 0.15) is 24.0 Å². The molecule has 1 saturated heterocycles. The Bertz CT molecular complexity index is 939. The lowest BCUT2D eigenvalue weighted by Crippen LogP contribution is -2.28. The van der Waals surface area contributed by atoms with Crippen molar-refractivity contribution in [3.05, 3.63) is 65.7 Å². The van der Waals surface area contributed by atoms with E-state index in [1.54, 1.807) is 24.3 Å². The number of nitrogens with one attached hydrogen (secondary N) is 1. The SMILES string of the molecule is O=C(N/N=C(\CCc1ccccc1)c1ccccc1O)[C@@H]1CCS(=O)(=O)C1. The number of hydrazone groups is 1. The largest absolute Gasteiger partial charge is 0.507 e. The second-order valence-corrected chi connectivity index (χ2v) is 8.87. The van der Waals surface area contributed by atoms with Gasteiger partial charge in [0.2, 0.25) is 5.91 Å². The van der Waals surface area contributed by atoms with Crippen molar-refractivity contribution in [1.29, 1.82) is 0 Å². The van der Waals surface area contributed by atoms with Crippen molar-refractivity contribution in [2.75, 3.05) is 11.5 Å². The van der Waals surface area contributed by atoms with Gasteiger partial charge < -0.3 is 5.11 Å². The average Bonchev–Trinajstić information content (AvgIpc) is 3.03. The summed E-state index contributed by atoms with van der Waals surface area (Å²) in [6.45, 7) is 0. The average molecular weight is 386 g/mol. The van der Waals surface area contributed by atoms with Gasteiger partial charge in [-0.15, -0.1) is 0 Å². The fourth-order valence-corrected chi connectivity index (χ4v) is 4.83. The van der Waals surface area contributed by atoms with Gasteiger partial charge in [0, 0.05) is 5.56 Å². The maximum Gasteiger partial charge on any atom is 0.244 e. The first-order valence-corrected chi connectivity index (χ1v) is 10.7. The zero-order valence-electron chi connectivity index (χ0n) is 14.8. The summed E-state index contributed by atoms with van der Waals surface area (Å²) in [5.74, 6) is -0.983. The number of sulfone groups is 1. The highest BCUT2D eigenvalue weighted by molar-refractivity contribution is 7.91. The number of hydrogen-bond donors (Lipinski definition) is 2. The highest BCUT2D eigenvalue weighted by Crippen LogP contribution is 2.21. The summed E-state index contributed by atoms with van der Waals surface area (Å²) in [5, 5.41) is 14.4. The van der Waals surface area contributed by atoms with Gasteiger partial charge in [0.05, 0.1) is 23.1 Å². The van der Waals surface area contributed by atoms with Gasteiger partial charge in [-0.25, -0.2) is 13.8 Å². The second kappa shape index (κ2) is 8.35. The number of phenols is 1. The minimum Gasteiger partial charge on any atom is -0.507 e. The molecule has 1 heterocycles. The fraction of sp³-hybridized carbons (Fsp3) is 0.300. The molecule has 2 N–H and O–H groups in total. The number of para-hydroxylation sites is 1. The first-order valence-electron chi connectivity index (χ1n) is 8.84. The van der Waals surface area contributed by atoms with Gasteiger partial charge >= 0.3 is 0 Å². The van der Waals surface area contributed by atoms with Crippen LogP contribution in [0.3, 0.4) is 0 Å². The number of aromatic hydroxyl groups is 1. The molecule has 0 unspecified atom stereocenters. The third kappa shape index (κ3) is 5.17. The Morgan fingerprint density at radius 2 is 1.81 bits per heavy atom. The highest BCUT2D eigenvalue weighted by atomic mass is 32.2. The van der Waals surface area contributed by atoms with E-state index in [0.717, 1.165) is 5.56 Å². The number of amides is 1. The molecular weight excluding hydrogens is 364 g/mol. The van der Waals surface area contributed by atoms with Gasteiger partial charge in [0.15, 0.2) is 9.84 Å².